The molecule has 0 aromatic heterocycles. The third kappa shape index (κ3) is 6.38. The Morgan fingerprint density at radius 3 is 1.36 bits per heavy atom. The molecule has 6 nitrogen and oxygen atoms in total. The predicted molar refractivity (Wildman–Crippen MR) is 146 cm³/mol. The molecule has 0 amide bonds. The van der Waals surface area contributed by atoms with Gasteiger partial charge in [0.25, 0.3) is 0 Å². The van der Waals surface area contributed by atoms with Gasteiger partial charge >= 0.3 is 33.4 Å². The maximum atomic E-state index is 15.2. The van der Waals surface area contributed by atoms with E-state index < -0.39 is 48.6 Å². The van der Waals surface area contributed by atoms with E-state index in [0.717, 1.165) is 0 Å². The van der Waals surface area contributed by atoms with E-state index >= 15 is 8.78 Å². The van der Waals surface area contributed by atoms with Crippen LogP contribution in [0, 0.1) is 0 Å². The first-order valence-electron chi connectivity index (χ1n) is 13.0. The van der Waals surface area contributed by atoms with Crippen molar-refractivity contribution >= 4 is 20.4 Å². The van der Waals surface area contributed by atoms with Gasteiger partial charge in [0, 0.05) is 21.9 Å². The fourth-order valence-corrected chi connectivity index (χ4v) is 9.40. The molecule has 3 aromatic rings. The molecular weight excluding hydrogens is 667 g/mol. The molecule has 0 aliphatic rings. The smallest absolute Gasteiger partial charge is 0.460 e. The zero-order chi connectivity index (χ0) is 33.9. The molecule has 0 heterocycles. The van der Waals surface area contributed by atoms with Crippen LogP contribution < -0.4 is 14.2 Å². The largest absolute Gasteiger partial charge is 0.494 e. The first-order chi connectivity index (χ1) is 20.9. The number of benzene rings is 3. The van der Waals surface area contributed by atoms with Crippen LogP contribution in [0.3, 0.4) is 0 Å². The highest BCUT2D eigenvalue weighted by Crippen LogP contribution is 2.75. The Bertz CT molecular complexity index is 1490. The highest BCUT2D eigenvalue weighted by atomic mass is 32.3. The maximum Gasteiger partial charge on any atom is 0.460 e. The first kappa shape index (κ1) is 36.2. The number of hydrogen-bond acceptors (Lipinski definition) is 6. The molecule has 0 atom stereocenters. The Balaban J connectivity index is 2.55. The Labute approximate surface area is 254 Å². The summed E-state index contributed by atoms with van der Waals surface area (Å²) in [6.45, 7) is 4.41. The molecule has 250 valence electrons. The lowest BCUT2D eigenvalue weighted by Crippen LogP contribution is -2.63. The van der Waals surface area contributed by atoms with Crippen LogP contribution in [-0.4, -0.2) is 51.5 Å². The van der Waals surface area contributed by atoms with Gasteiger partial charge in [-0.15, -0.1) is 0 Å². The summed E-state index contributed by atoms with van der Waals surface area (Å²) < 4.78 is 175. The van der Waals surface area contributed by atoms with Crippen LogP contribution in [-0.2, 0) is 13.7 Å². The molecule has 0 N–H and O–H groups in total. The van der Waals surface area contributed by atoms with Gasteiger partial charge in [-0.05, 0) is 55.3 Å². The first-order valence-corrected chi connectivity index (χ1v) is 16.0. The highest BCUT2D eigenvalue weighted by molar-refractivity contribution is 8.33. The third-order valence-corrected chi connectivity index (χ3v) is 11.2. The van der Waals surface area contributed by atoms with Crippen molar-refractivity contribution in [1.82, 2.24) is 0 Å². The molecule has 0 bridgehead atoms. The maximum absolute atomic E-state index is 15.2. The van der Waals surface area contributed by atoms with Gasteiger partial charge in [-0.3, -0.25) is 0 Å². The molecule has 17 heteroatoms. The molecule has 0 radical (unpaired) electrons. The molecular formula is C28H27F9O6S2. The van der Waals surface area contributed by atoms with Crippen LogP contribution in [0.5, 0.6) is 17.2 Å². The number of alkyl halides is 9. The van der Waals surface area contributed by atoms with Crippen LogP contribution in [0.4, 0.5) is 39.5 Å². The van der Waals surface area contributed by atoms with Crippen molar-refractivity contribution in [1.29, 1.82) is 0 Å². The molecule has 0 saturated heterocycles. The highest BCUT2D eigenvalue weighted by Gasteiger charge is 2.86. The molecule has 0 unspecified atom stereocenters. The molecule has 45 heavy (non-hydrogen) atoms. The van der Waals surface area contributed by atoms with E-state index in [4.69, 9.17) is 17.8 Å². The summed E-state index contributed by atoms with van der Waals surface area (Å²) in [5, 5.41) is -7.14. The van der Waals surface area contributed by atoms with E-state index in [1.807, 2.05) is 0 Å². The minimum atomic E-state index is -7.53. The molecule has 0 aliphatic carbocycles. The number of halogens is 9. The zero-order valence-electron chi connectivity index (χ0n) is 23.7. The number of hydrogen-bond donors (Lipinski definition) is 0. The summed E-state index contributed by atoms with van der Waals surface area (Å²) in [4.78, 5) is -1.02. The van der Waals surface area contributed by atoms with Crippen molar-refractivity contribution in [2.24, 2.45) is 0 Å². The second-order valence-electron chi connectivity index (χ2n) is 8.92. The summed E-state index contributed by atoms with van der Waals surface area (Å²) in [5.41, 5.74) is 0. The van der Waals surface area contributed by atoms with Crippen molar-refractivity contribution in [3.05, 3.63) is 72.8 Å². The summed E-state index contributed by atoms with van der Waals surface area (Å²) >= 11 is 0. The average Bonchev–Trinajstić information content (AvgIpc) is 2.97. The predicted octanol–water partition coefficient (Wildman–Crippen LogP) is 8.85. The number of rotatable bonds is 14. The van der Waals surface area contributed by atoms with Gasteiger partial charge in [0.2, 0.25) is 0 Å². The number of ether oxygens (including phenoxy) is 3. The van der Waals surface area contributed by atoms with Crippen molar-refractivity contribution in [2.75, 3.05) is 19.8 Å². The lowest BCUT2D eigenvalue weighted by Gasteiger charge is -2.42. The summed E-state index contributed by atoms with van der Waals surface area (Å²) in [6, 6.07) is 15.1. The van der Waals surface area contributed by atoms with E-state index in [0.29, 0.717) is 0 Å². The summed E-state index contributed by atoms with van der Waals surface area (Å²) in [6.07, 6.45) is -7.27. The van der Waals surface area contributed by atoms with Gasteiger partial charge in [0.05, 0.1) is 19.8 Å². The van der Waals surface area contributed by atoms with Gasteiger partial charge in [-0.25, -0.2) is 3.63 Å². The van der Waals surface area contributed by atoms with E-state index in [1.54, 1.807) is 6.92 Å². The van der Waals surface area contributed by atoms with E-state index in [1.165, 1.54) is 86.6 Å². The monoisotopic (exact) mass is 694 g/mol. The normalized spacial score (nSPS) is 13.8. The summed E-state index contributed by atoms with van der Waals surface area (Å²) in [7, 11) is -11.8. The van der Waals surface area contributed by atoms with Crippen LogP contribution in [0.25, 0.3) is 0 Å². The Kier molecular flexibility index (Phi) is 10.6. The van der Waals surface area contributed by atoms with Crippen LogP contribution in [0.15, 0.2) is 87.5 Å². The van der Waals surface area contributed by atoms with Crippen molar-refractivity contribution in [2.45, 2.75) is 58.7 Å². The second-order valence-corrected chi connectivity index (χ2v) is 13.3. The minimum absolute atomic E-state index is 0.0760. The second kappa shape index (κ2) is 13.2. The summed E-state index contributed by atoms with van der Waals surface area (Å²) in [5.74, 6) is -15.6. The van der Waals surface area contributed by atoms with Gasteiger partial charge < -0.3 is 14.2 Å². The molecule has 3 aromatic carbocycles. The molecule has 0 fully saturated rings. The van der Waals surface area contributed by atoms with Crippen LogP contribution in [0.2, 0.25) is 0 Å². The van der Waals surface area contributed by atoms with Gasteiger partial charge in [0.15, 0.2) is 0 Å². The van der Waals surface area contributed by atoms with E-state index in [2.05, 4.69) is 0 Å². The van der Waals surface area contributed by atoms with Crippen LogP contribution in [0.1, 0.15) is 20.8 Å². The lowest BCUT2D eigenvalue weighted by atomic mass is 10.1. The fourth-order valence-electron chi connectivity index (χ4n) is 4.01. The Morgan fingerprint density at radius 2 is 1.00 bits per heavy atom. The lowest BCUT2D eigenvalue weighted by molar-refractivity contribution is -0.382. The minimum Gasteiger partial charge on any atom is -0.494 e. The fraction of sp³-hybridized carbons (Fsp3) is 0.357. The topological polar surface area (TPSA) is 71.1 Å². The van der Waals surface area contributed by atoms with E-state index in [-0.39, 0.29) is 46.9 Å². The van der Waals surface area contributed by atoms with Crippen molar-refractivity contribution in [3.8, 4) is 17.2 Å². The third-order valence-electron chi connectivity index (χ3n) is 5.96. The SMILES string of the molecule is CCOc1cc(OCC)c(S(OS(=O)(=O)C(F)(F)C(F)(F)C(F)(F)C(F)(F)F)(c2ccccc2)c2ccccc2)c(OCC)c1. The average molecular weight is 695 g/mol. The van der Waals surface area contributed by atoms with Crippen molar-refractivity contribution in [3.63, 3.8) is 0 Å². The van der Waals surface area contributed by atoms with Crippen molar-refractivity contribution < 1.29 is 65.8 Å². The standard InChI is InChI=1S/C28H27F9O6S2/c1-4-40-19-17-22(41-5-2)24(23(18-19)42-6-3)44(20-13-9-7-10-14-20,21-15-11-8-12-16-21)43-45(38,39)28(36,37)26(31,32)25(29,30)27(33,34)35/h7-18H,4-6H2,1-3H3. The van der Waals surface area contributed by atoms with Gasteiger partial charge in [-0.2, -0.15) is 47.9 Å². The van der Waals surface area contributed by atoms with Crippen LogP contribution >= 0.6 is 10.3 Å². The van der Waals surface area contributed by atoms with Gasteiger partial charge in [0.1, 0.15) is 22.1 Å². The Morgan fingerprint density at radius 1 is 0.600 bits per heavy atom. The van der Waals surface area contributed by atoms with Gasteiger partial charge in [-0.1, -0.05) is 36.4 Å². The quantitative estimate of drug-likeness (QED) is 0.157. The zero-order valence-corrected chi connectivity index (χ0v) is 25.4. The Hall–Kier alpha value is -3.31. The molecule has 0 aliphatic heterocycles. The molecule has 0 saturated carbocycles. The van der Waals surface area contributed by atoms with E-state index in [9.17, 15) is 39.2 Å². The molecule has 0 spiro atoms. The molecule has 3 rings (SSSR count).